The number of aromatic amines is 1. The number of ether oxygens (including phenoxy) is 1. The summed E-state index contributed by atoms with van der Waals surface area (Å²) in [6.07, 6.45) is 0. The second kappa shape index (κ2) is 5.73. The fraction of sp³-hybridized carbons (Fsp3) is 0.118. The predicted molar refractivity (Wildman–Crippen MR) is 89.0 cm³/mol. The summed E-state index contributed by atoms with van der Waals surface area (Å²) < 4.78 is 5.23. The van der Waals surface area contributed by atoms with Crippen molar-refractivity contribution >= 4 is 34.1 Å². The van der Waals surface area contributed by atoms with Crippen LogP contribution in [0, 0.1) is 6.92 Å². The van der Waals surface area contributed by atoms with E-state index < -0.39 is 0 Å². The van der Waals surface area contributed by atoms with Gasteiger partial charge in [0.1, 0.15) is 11.4 Å². The lowest BCUT2D eigenvalue weighted by molar-refractivity contribution is 0.102. The fourth-order valence-electron chi connectivity index (χ4n) is 2.42. The van der Waals surface area contributed by atoms with Crippen LogP contribution in [0.3, 0.4) is 0 Å². The Morgan fingerprint density at radius 1 is 1.23 bits per heavy atom. The monoisotopic (exact) mass is 314 g/mol. The number of benzene rings is 2. The van der Waals surface area contributed by atoms with E-state index in [-0.39, 0.29) is 5.91 Å². The first kappa shape index (κ1) is 14.5. The molecule has 3 rings (SSSR count). The van der Waals surface area contributed by atoms with E-state index >= 15 is 0 Å². The Balaban J connectivity index is 1.95. The van der Waals surface area contributed by atoms with Crippen molar-refractivity contribution in [2.24, 2.45) is 0 Å². The smallest absolute Gasteiger partial charge is 0.272 e. The third kappa shape index (κ3) is 2.65. The topological polar surface area (TPSA) is 54.1 Å². The number of halogens is 1. The highest BCUT2D eigenvalue weighted by Crippen LogP contribution is 2.26. The number of rotatable bonds is 3. The average molecular weight is 315 g/mol. The first-order valence-corrected chi connectivity index (χ1v) is 7.19. The lowest BCUT2D eigenvalue weighted by atomic mass is 10.1. The van der Waals surface area contributed by atoms with Gasteiger partial charge in [0.2, 0.25) is 0 Å². The molecule has 4 nitrogen and oxygen atoms in total. The number of hydrogen-bond donors (Lipinski definition) is 2. The van der Waals surface area contributed by atoms with Crippen LogP contribution in [0.15, 0.2) is 42.5 Å². The van der Waals surface area contributed by atoms with Crippen LogP contribution in [0.1, 0.15) is 16.1 Å². The van der Waals surface area contributed by atoms with Crippen LogP contribution in [0.4, 0.5) is 5.69 Å². The Labute approximate surface area is 133 Å². The van der Waals surface area contributed by atoms with Crippen LogP contribution in [0.25, 0.3) is 10.9 Å². The van der Waals surface area contributed by atoms with Crippen LogP contribution >= 0.6 is 11.6 Å². The van der Waals surface area contributed by atoms with E-state index in [0.717, 1.165) is 22.2 Å². The summed E-state index contributed by atoms with van der Waals surface area (Å²) in [6, 6.07) is 12.7. The van der Waals surface area contributed by atoms with E-state index in [1.165, 1.54) is 0 Å². The Morgan fingerprint density at radius 3 is 2.77 bits per heavy atom. The minimum Gasteiger partial charge on any atom is -0.497 e. The van der Waals surface area contributed by atoms with Crippen molar-refractivity contribution in [1.29, 1.82) is 0 Å². The molecule has 0 saturated heterocycles. The summed E-state index contributed by atoms with van der Waals surface area (Å²) in [7, 11) is 1.62. The van der Waals surface area contributed by atoms with Gasteiger partial charge >= 0.3 is 0 Å². The van der Waals surface area contributed by atoms with Gasteiger partial charge in [-0.15, -0.1) is 0 Å². The Kier molecular flexibility index (Phi) is 3.77. The number of H-pyrrole nitrogens is 1. The Morgan fingerprint density at radius 2 is 2.05 bits per heavy atom. The number of fused-ring (bicyclic) bond motifs is 1. The molecular weight excluding hydrogens is 300 g/mol. The van der Waals surface area contributed by atoms with Crippen LogP contribution in [-0.2, 0) is 0 Å². The molecule has 0 radical (unpaired) electrons. The molecule has 0 unspecified atom stereocenters. The van der Waals surface area contributed by atoms with Crippen LogP contribution in [0.2, 0.25) is 5.02 Å². The molecule has 0 saturated carbocycles. The van der Waals surface area contributed by atoms with Crippen molar-refractivity contribution in [2.45, 2.75) is 6.92 Å². The number of hydrogen-bond acceptors (Lipinski definition) is 2. The number of anilines is 1. The molecule has 2 aromatic carbocycles. The molecule has 1 aromatic heterocycles. The Bertz CT molecular complexity index is 855. The van der Waals surface area contributed by atoms with E-state index in [1.54, 1.807) is 31.4 Å². The number of carbonyl (C=O) groups is 1. The predicted octanol–water partition coefficient (Wildman–Crippen LogP) is 4.39. The second-order valence-electron chi connectivity index (χ2n) is 5.00. The summed E-state index contributed by atoms with van der Waals surface area (Å²) in [5.41, 5.74) is 2.97. The van der Waals surface area contributed by atoms with Gasteiger partial charge in [0.15, 0.2) is 0 Å². The van der Waals surface area contributed by atoms with Gasteiger partial charge in [-0.1, -0.05) is 17.7 Å². The average Bonchev–Trinajstić information content (AvgIpc) is 2.84. The van der Waals surface area contributed by atoms with Crippen molar-refractivity contribution in [2.75, 3.05) is 12.4 Å². The third-order valence-electron chi connectivity index (χ3n) is 3.57. The zero-order chi connectivity index (χ0) is 15.7. The van der Waals surface area contributed by atoms with Crippen molar-refractivity contribution < 1.29 is 9.53 Å². The molecule has 0 aliphatic rings. The zero-order valence-electron chi connectivity index (χ0n) is 12.2. The molecular formula is C17H15ClN2O2. The molecule has 1 amide bonds. The van der Waals surface area contributed by atoms with Crippen molar-refractivity contribution in [3.63, 3.8) is 0 Å². The highest BCUT2D eigenvalue weighted by Gasteiger charge is 2.15. The molecule has 0 atom stereocenters. The molecule has 0 spiro atoms. The highest BCUT2D eigenvalue weighted by atomic mass is 35.5. The van der Waals surface area contributed by atoms with Gasteiger partial charge in [-0.05, 0) is 48.9 Å². The number of aromatic nitrogens is 1. The third-order valence-corrected chi connectivity index (χ3v) is 3.81. The molecule has 0 bridgehead atoms. The molecule has 0 aliphatic carbocycles. The molecule has 112 valence electrons. The fourth-order valence-corrected chi connectivity index (χ4v) is 2.61. The maximum atomic E-state index is 12.5. The normalized spacial score (nSPS) is 10.7. The number of aryl methyl sites for hydroxylation is 1. The standard InChI is InChI=1S/C17H15ClN2O2/c1-10-14-9-13(22-2)6-7-15(14)20-16(10)17(21)19-12-5-3-4-11(18)8-12/h3-9,20H,1-2H3,(H,19,21). The van der Waals surface area contributed by atoms with Gasteiger partial charge < -0.3 is 15.0 Å². The highest BCUT2D eigenvalue weighted by molar-refractivity contribution is 6.31. The van der Waals surface area contributed by atoms with E-state index in [9.17, 15) is 4.79 Å². The maximum Gasteiger partial charge on any atom is 0.272 e. The molecule has 22 heavy (non-hydrogen) atoms. The number of nitrogens with one attached hydrogen (secondary N) is 2. The largest absolute Gasteiger partial charge is 0.497 e. The number of methoxy groups -OCH3 is 1. The summed E-state index contributed by atoms with van der Waals surface area (Å²) in [5, 5.41) is 4.39. The first-order valence-electron chi connectivity index (χ1n) is 6.81. The lowest BCUT2D eigenvalue weighted by Gasteiger charge is -2.05. The summed E-state index contributed by atoms with van der Waals surface area (Å²) >= 11 is 5.93. The second-order valence-corrected chi connectivity index (χ2v) is 5.44. The summed E-state index contributed by atoms with van der Waals surface area (Å²) in [4.78, 5) is 15.6. The van der Waals surface area contributed by atoms with Gasteiger partial charge in [-0.25, -0.2) is 0 Å². The zero-order valence-corrected chi connectivity index (χ0v) is 13.0. The van der Waals surface area contributed by atoms with Gasteiger partial charge in [-0.2, -0.15) is 0 Å². The number of amides is 1. The minimum absolute atomic E-state index is 0.199. The van der Waals surface area contributed by atoms with Crippen molar-refractivity contribution in [3.05, 3.63) is 58.7 Å². The van der Waals surface area contributed by atoms with E-state index in [4.69, 9.17) is 16.3 Å². The maximum absolute atomic E-state index is 12.5. The molecule has 3 aromatic rings. The van der Waals surface area contributed by atoms with E-state index in [1.807, 2.05) is 25.1 Å². The van der Waals surface area contributed by atoms with Crippen LogP contribution in [0.5, 0.6) is 5.75 Å². The Hall–Kier alpha value is -2.46. The van der Waals surface area contributed by atoms with E-state index in [2.05, 4.69) is 10.3 Å². The minimum atomic E-state index is -0.199. The first-order chi connectivity index (χ1) is 10.6. The molecule has 2 N–H and O–H groups in total. The quantitative estimate of drug-likeness (QED) is 0.753. The molecule has 0 fully saturated rings. The van der Waals surface area contributed by atoms with Gasteiger partial charge in [-0.3, -0.25) is 4.79 Å². The van der Waals surface area contributed by atoms with Crippen LogP contribution in [-0.4, -0.2) is 18.0 Å². The summed E-state index contributed by atoms with van der Waals surface area (Å²) in [5.74, 6) is 0.561. The molecule has 1 heterocycles. The SMILES string of the molecule is COc1ccc2[nH]c(C(=O)Nc3cccc(Cl)c3)c(C)c2c1. The molecule has 0 aliphatic heterocycles. The van der Waals surface area contributed by atoms with E-state index in [0.29, 0.717) is 16.4 Å². The van der Waals surface area contributed by atoms with Crippen LogP contribution < -0.4 is 10.1 Å². The van der Waals surface area contributed by atoms with Crippen molar-refractivity contribution in [1.82, 2.24) is 4.98 Å². The van der Waals surface area contributed by atoms with Gasteiger partial charge in [0.05, 0.1) is 7.11 Å². The van der Waals surface area contributed by atoms with Gasteiger partial charge in [0, 0.05) is 21.6 Å². The lowest BCUT2D eigenvalue weighted by Crippen LogP contribution is -2.13. The van der Waals surface area contributed by atoms with Gasteiger partial charge in [0.25, 0.3) is 5.91 Å². The summed E-state index contributed by atoms with van der Waals surface area (Å²) in [6.45, 7) is 1.91. The van der Waals surface area contributed by atoms with Crippen molar-refractivity contribution in [3.8, 4) is 5.75 Å². The number of carbonyl (C=O) groups excluding carboxylic acids is 1. The molecule has 5 heteroatoms.